The van der Waals surface area contributed by atoms with Crippen LogP contribution in [0, 0.1) is 5.82 Å². The number of nitrogens with one attached hydrogen (secondary N) is 2. The third kappa shape index (κ3) is 3.51. The molecule has 0 bridgehead atoms. The Labute approximate surface area is 151 Å². The predicted molar refractivity (Wildman–Crippen MR) is 96.2 cm³/mol. The van der Waals surface area contributed by atoms with Crippen molar-refractivity contribution in [2.24, 2.45) is 0 Å². The van der Waals surface area contributed by atoms with Crippen molar-refractivity contribution in [2.45, 2.75) is 25.8 Å². The van der Waals surface area contributed by atoms with Gasteiger partial charge in [-0.15, -0.1) is 0 Å². The Bertz CT molecular complexity index is 838. The van der Waals surface area contributed by atoms with Crippen LogP contribution in [0.2, 0.25) is 0 Å². The minimum Gasteiger partial charge on any atom is -0.486 e. The Morgan fingerprint density at radius 3 is 2.88 bits per heavy atom. The SMILES string of the molecule is O=C(CCc1ccc2c(c1)OCCO2)Nc1ccc2c(c1F)CCNC2. The Morgan fingerprint density at radius 1 is 1.15 bits per heavy atom. The molecule has 2 aromatic carbocycles. The number of benzene rings is 2. The van der Waals surface area contributed by atoms with Gasteiger partial charge in [0.05, 0.1) is 5.69 Å². The van der Waals surface area contributed by atoms with Crippen molar-refractivity contribution in [3.63, 3.8) is 0 Å². The molecule has 2 N–H and O–H groups in total. The topological polar surface area (TPSA) is 59.6 Å². The number of fused-ring (bicyclic) bond motifs is 2. The standard InChI is InChI=1S/C20H21FN2O3/c21-20-15-7-8-22-12-14(15)3-4-16(20)23-19(24)6-2-13-1-5-17-18(11-13)26-10-9-25-17/h1,3-5,11,22H,2,6-10,12H2,(H,23,24). The van der Waals surface area contributed by atoms with Crippen molar-refractivity contribution >= 4 is 11.6 Å². The molecule has 1 amide bonds. The minimum absolute atomic E-state index is 0.201. The molecule has 0 fully saturated rings. The van der Waals surface area contributed by atoms with Gasteiger partial charge in [0.1, 0.15) is 19.0 Å². The molecule has 2 aliphatic heterocycles. The normalized spacial score (nSPS) is 15.3. The highest BCUT2D eigenvalue weighted by Gasteiger charge is 2.18. The number of aryl methyl sites for hydroxylation is 1. The lowest BCUT2D eigenvalue weighted by molar-refractivity contribution is -0.116. The molecule has 2 aromatic rings. The van der Waals surface area contributed by atoms with E-state index < -0.39 is 0 Å². The van der Waals surface area contributed by atoms with E-state index in [4.69, 9.17) is 9.47 Å². The van der Waals surface area contributed by atoms with Crippen LogP contribution >= 0.6 is 0 Å². The van der Waals surface area contributed by atoms with Gasteiger partial charge < -0.3 is 20.1 Å². The lowest BCUT2D eigenvalue weighted by Crippen LogP contribution is -2.25. The van der Waals surface area contributed by atoms with Gasteiger partial charge in [-0.25, -0.2) is 4.39 Å². The van der Waals surface area contributed by atoms with E-state index in [2.05, 4.69) is 10.6 Å². The zero-order chi connectivity index (χ0) is 17.9. The van der Waals surface area contributed by atoms with Crippen LogP contribution in [0.3, 0.4) is 0 Å². The molecule has 4 rings (SSSR count). The highest BCUT2D eigenvalue weighted by atomic mass is 19.1. The molecule has 0 saturated heterocycles. The van der Waals surface area contributed by atoms with Crippen LogP contribution in [0.4, 0.5) is 10.1 Å². The zero-order valence-electron chi connectivity index (χ0n) is 14.4. The van der Waals surface area contributed by atoms with Crippen LogP contribution in [-0.4, -0.2) is 25.7 Å². The molecule has 136 valence electrons. The zero-order valence-corrected chi connectivity index (χ0v) is 14.4. The molecule has 26 heavy (non-hydrogen) atoms. The number of hydrogen-bond donors (Lipinski definition) is 2. The quantitative estimate of drug-likeness (QED) is 0.884. The first-order chi connectivity index (χ1) is 12.7. The summed E-state index contributed by atoms with van der Waals surface area (Å²) >= 11 is 0. The molecule has 0 atom stereocenters. The minimum atomic E-state index is -0.309. The third-order valence-electron chi connectivity index (χ3n) is 4.73. The maximum absolute atomic E-state index is 14.6. The molecule has 2 heterocycles. The Balaban J connectivity index is 1.39. The highest BCUT2D eigenvalue weighted by molar-refractivity contribution is 5.91. The van der Waals surface area contributed by atoms with Crippen molar-refractivity contribution in [2.75, 3.05) is 25.1 Å². The Kier molecular flexibility index (Phi) is 4.75. The number of carbonyl (C=O) groups is 1. The number of ether oxygens (including phenoxy) is 2. The summed E-state index contributed by atoms with van der Waals surface area (Å²) in [5, 5.41) is 5.92. The average molecular weight is 356 g/mol. The number of carbonyl (C=O) groups excluding carboxylic acids is 1. The fraction of sp³-hybridized carbons (Fsp3) is 0.350. The summed E-state index contributed by atoms with van der Waals surface area (Å²) in [6.07, 6.45) is 1.47. The first kappa shape index (κ1) is 16.8. The van der Waals surface area contributed by atoms with Gasteiger partial charge in [-0.2, -0.15) is 0 Å². The maximum atomic E-state index is 14.6. The van der Waals surface area contributed by atoms with Gasteiger partial charge in [0.2, 0.25) is 5.91 Å². The van der Waals surface area contributed by atoms with E-state index in [1.165, 1.54) is 0 Å². The van der Waals surface area contributed by atoms with Gasteiger partial charge in [-0.05, 0) is 54.3 Å². The van der Waals surface area contributed by atoms with E-state index in [1.807, 2.05) is 24.3 Å². The highest BCUT2D eigenvalue weighted by Crippen LogP contribution is 2.31. The molecule has 6 heteroatoms. The van der Waals surface area contributed by atoms with Crippen LogP contribution in [0.15, 0.2) is 30.3 Å². The van der Waals surface area contributed by atoms with Gasteiger partial charge in [0, 0.05) is 13.0 Å². The van der Waals surface area contributed by atoms with Crippen LogP contribution < -0.4 is 20.1 Å². The maximum Gasteiger partial charge on any atom is 0.224 e. The molecule has 2 aliphatic rings. The van der Waals surface area contributed by atoms with Gasteiger partial charge in [0.15, 0.2) is 11.5 Å². The summed E-state index contributed by atoms with van der Waals surface area (Å²) in [5.74, 6) is 0.933. The third-order valence-corrected chi connectivity index (χ3v) is 4.73. The van der Waals surface area contributed by atoms with Crippen molar-refractivity contribution in [1.82, 2.24) is 5.32 Å². The van der Waals surface area contributed by atoms with Crippen molar-refractivity contribution < 1.29 is 18.7 Å². The van der Waals surface area contributed by atoms with Crippen LogP contribution in [-0.2, 0) is 24.2 Å². The lowest BCUT2D eigenvalue weighted by Gasteiger charge is -2.19. The molecule has 0 saturated carbocycles. The van der Waals surface area contributed by atoms with Crippen molar-refractivity contribution in [3.8, 4) is 11.5 Å². The van der Waals surface area contributed by atoms with E-state index in [-0.39, 0.29) is 23.8 Å². The van der Waals surface area contributed by atoms with Crippen LogP contribution in [0.1, 0.15) is 23.1 Å². The summed E-state index contributed by atoms with van der Waals surface area (Å²) in [7, 11) is 0. The molecular weight excluding hydrogens is 335 g/mol. The van der Waals surface area contributed by atoms with E-state index >= 15 is 0 Å². The number of hydrogen-bond acceptors (Lipinski definition) is 4. The summed E-state index contributed by atoms with van der Waals surface area (Å²) in [6, 6.07) is 9.20. The molecule has 0 aromatic heterocycles. The second-order valence-electron chi connectivity index (χ2n) is 6.52. The molecule has 5 nitrogen and oxygen atoms in total. The van der Waals surface area contributed by atoms with E-state index in [9.17, 15) is 9.18 Å². The fourth-order valence-electron chi connectivity index (χ4n) is 3.34. The van der Waals surface area contributed by atoms with Gasteiger partial charge in [-0.1, -0.05) is 12.1 Å². The van der Waals surface area contributed by atoms with Gasteiger partial charge in [-0.3, -0.25) is 4.79 Å². The molecule has 0 aliphatic carbocycles. The van der Waals surface area contributed by atoms with Crippen molar-refractivity contribution in [1.29, 1.82) is 0 Å². The first-order valence-electron chi connectivity index (χ1n) is 8.90. The van der Waals surface area contributed by atoms with Gasteiger partial charge >= 0.3 is 0 Å². The molecule has 0 spiro atoms. The van der Waals surface area contributed by atoms with Crippen LogP contribution in [0.25, 0.3) is 0 Å². The van der Waals surface area contributed by atoms with E-state index in [0.29, 0.717) is 43.9 Å². The van der Waals surface area contributed by atoms with E-state index in [0.717, 1.165) is 23.4 Å². The average Bonchev–Trinajstić information content (AvgIpc) is 2.68. The summed E-state index contributed by atoms with van der Waals surface area (Å²) < 4.78 is 25.6. The van der Waals surface area contributed by atoms with Crippen molar-refractivity contribution in [3.05, 3.63) is 52.8 Å². The predicted octanol–water partition coefficient (Wildman–Crippen LogP) is 2.81. The Hall–Kier alpha value is -2.60. The monoisotopic (exact) mass is 356 g/mol. The first-order valence-corrected chi connectivity index (χ1v) is 8.90. The van der Waals surface area contributed by atoms with Gasteiger partial charge in [0.25, 0.3) is 0 Å². The lowest BCUT2D eigenvalue weighted by atomic mass is 9.99. The summed E-state index contributed by atoms with van der Waals surface area (Å²) in [5.41, 5.74) is 2.91. The fourth-order valence-corrected chi connectivity index (χ4v) is 3.34. The van der Waals surface area contributed by atoms with E-state index in [1.54, 1.807) is 6.07 Å². The second kappa shape index (κ2) is 7.33. The summed E-state index contributed by atoms with van der Waals surface area (Å²) in [4.78, 5) is 12.2. The number of amides is 1. The second-order valence-corrected chi connectivity index (χ2v) is 6.52. The number of anilines is 1. The number of halogens is 1. The molecular formula is C20H21FN2O3. The number of rotatable bonds is 4. The molecule has 0 unspecified atom stereocenters. The summed E-state index contributed by atoms with van der Waals surface area (Å²) in [6.45, 7) is 2.51. The van der Waals surface area contributed by atoms with Crippen LogP contribution in [0.5, 0.6) is 11.5 Å². The largest absolute Gasteiger partial charge is 0.486 e. The Morgan fingerprint density at radius 2 is 2.00 bits per heavy atom. The molecule has 0 radical (unpaired) electrons. The smallest absolute Gasteiger partial charge is 0.224 e.